The normalized spacial score (nSPS) is 19.5. The van der Waals surface area contributed by atoms with Crippen molar-refractivity contribution in [3.63, 3.8) is 0 Å². The molecule has 0 atom stereocenters. The first-order valence-electron chi connectivity index (χ1n) is 10.5. The third-order valence-corrected chi connectivity index (χ3v) is 5.92. The minimum atomic E-state index is -0.00621. The maximum absolute atomic E-state index is 12.5. The lowest BCUT2D eigenvalue weighted by molar-refractivity contribution is -0.133. The molecule has 0 spiro atoms. The Bertz CT molecular complexity index is 685. The zero-order valence-corrected chi connectivity index (χ0v) is 17.5. The van der Waals surface area contributed by atoms with Crippen LogP contribution in [0.3, 0.4) is 0 Å². The molecule has 1 aromatic heterocycles. The Kier molecular flexibility index (Phi) is 7.07. The van der Waals surface area contributed by atoms with Crippen LogP contribution < -0.4 is 5.32 Å². The van der Waals surface area contributed by atoms with Crippen LogP contribution >= 0.6 is 0 Å². The highest BCUT2D eigenvalue weighted by Crippen LogP contribution is 2.18. The number of hydrogen-bond donors (Lipinski definition) is 1. The molecule has 2 saturated heterocycles. The van der Waals surface area contributed by atoms with Crippen molar-refractivity contribution in [1.29, 1.82) is 0 Å². The number of hydrogen-bond acceptors (Lipinski definition) is 5. The summed E-state index contributed by atoms with van der Waals surface area (Å²) in [6.45, 7) is 9.85. The van der Waals surface area contributed by atoms with E-state index in [2.05, 4.69) is 20.2 Å². The molecule has 8 nitrogen and oxygen atoms in total. The van der Waals surface area contributed by atoms with Gasteiger partial charge in [0.1, 0.15) is 0 Å². The fourth-order valence-electron chi connectivity index (χ4n) is 4.05. The van der Waals surface area contributed by atoms with Crippen LogP contribution in [0.1, 0.15) is 37.1 Å². The number of nitrogens with zero attached hydrogens (tertiary/aromatic N) is 5. The molecule has 2 aliphatic heterocycles. The van der Waals surface area contributed by atoms with E-state index in [1.54, 1.807) is 4.68 Å². The van der Waals surface area contributed by atoms with E-state index in [1.165, 1.54) is 12.8 Å². The molecule has 3 heterocycles. The van der Waals surface area contributed by atoms with Gasteiger partial charge in [-0.25, -0.2) is 0 Å². The van der Waals surface area contributed by atoms with Crippen LogP contribution in [-0.4, -0.2) is 88.7 Å². The van der Waals surface area contributed by atoms with Gasteiger partial charge in [-0.3, -0.25) is 24.1 Å². The minimum absolute atomic E-state index is 0.00621. The Morgan fingerprint density at radius 3 is 2.00 bits per heavy atom. The van der Waals surface area contributed by atoms with Crippen molar-refractivity contribution in [2.45, 2.75) is 39.5 Å². The van der Waals surface area contributed by atoms with E-state index in [-0.39, 0.29) is 11.8 Å². The third kappa shape index (κ3) is 5.32. The number of anilines is 1. The first-order valence-corrected chi connectivity index (χ1v) is 10.5. The molecule has 8 heteroatoms. The lowest BCUT2D eigenvalue weighted by atomic mass is 10.2. The molecule has 0 radical (unpaired) electrons. The molecule has 2 amide bonds. The van der Waals surface area contributed by atoms with Gasteiger partial charge < -0.3 is 10.2 Å². The zero-order chi connectivity index (χ0) is 20.1. The van der Waals surface area contributed by atoms with Crippen LogP contribution in [0.15, 0.2) is 0 Å². The van der Waals surface area contributed by atoms with Crippen LogP contribution in [0, 0.1) is 13.8 Å². The second-order valence-electron chi connectivity index (χ2n) is 8.06. The summed E-state index contributed by atoms with van der Waals surface area (Å²) in [4.78, 5) is 31.4. The van der Waals surface area contributed by atoms with E-state index in [1.807, 2.05) is 25.8 Å². The van der Waals surface area contributed by atoms with Crippen molar-refractivity contribution in [2.75, 3.05) is 57.7 Å². The SMILES string of the molecule is Cc1nn(C)c(C)c1NC(=O)CN1CCN(CC(=O)N2CCCCCC2)CC1. The molecule has 0 unspecified atom stereocenters. The largest absolute Gasteiger partial charge is 0.342 e. The van der Waals surface area contributed by atoms with E-state index in [0.29, 0.717) is 13.1 Å². The summed E-state index contributed by atoms with van der Waals surface area (Å²) in [6, 6.07) is 0. The van der Waals surface area contributed by atoms with Crippen LogP contribution in [-0.2, 0) is 16.6 Å². The van der Waals surface area contributed by atoms with Gasteiger partial charge in [-0.05, 0) is 26.7 Å². The minimum Gasteiger partial charge on any atom is -0.342 e. The van der Waals surface area contributed by atoms with Gasteiger partial charge in [-0.1, -0.05) is 12.8 Å². The first-order chi connectivity index (χ1) is 13.4. The molecule has 0 bridgehead atoms. The van der Waals surface area contributed by atoms with E-state index in [4.69, 9.17) is 0 Å². The molecule has 1 aromatic rings. The Balaban J connectivity index is 1.41. The molecule has 3 rings (SSSR count). The highest BCUT2D eigenvalue weighted by Gasteiger charge is 2.23. The van der Waals surface area contributed by atoms with E-state index in [9.17, 15) is 9.59 Å². The topological polar surface area (TPSA) is 73.7 Å². The van der Waals surface area contributed by atoms with Gasteiger partial charge in [0.25, 0.3) is 0 Å². The summed E-state index contributed by atoms with van der Waals surface area (Å²) in [7, 11) is 1.88. The molecule has 0 saturated carbocycles. The molecule has 2 fully saturated rings. The lowest BCUT2D eigenvalue weighted by Crippen LogP contribution is -2.51. The quantitative estimate of drug-likeness (QED) is 0.812. The van der Waals surface area contributed by atoms with Crippen LogP contribution in [0.4, 0.5) is 5.69 Å². The monoisotopic (exact) mass is 390 g/mol. The summed E-state index contributed by atoms with van der Waals surface area (Å²) in [5, 5.41) is 7.34. The average molecular weight is 391 g/mol. The highest BCUT2D eigenvalue weighted by molar-refractivity contribution is 5.93. The van der Waals surface area contributed by atoms with Crippen LogP contribution in [0.2, 0.25) is 0 Å². The third-order valence-electron chi connectivity index (χ3n) is 5.92. The zero-order valence-electron chi connectivity index (χ0n) is 17.5. The van der Waals surface area contributed by atoms with Crippen LogP contribution in [0.25, 0.3) is 0 Å². The van der Waals surface area contributed by atoms with E-state index < -0.39 is 0 Å². The first kappa shape index (κ1) is 20.8. The number of piperazine rings is 1. The Morgan fingerprint density at radius 2 is 1.46 bits per heavy atom. The van der Waals surface area contributed by atoms with E-state index >= 15 is 0 Å². The number of aryl methyl sites for hydroxylation is 2. The van der Waals surface area contributed by atoms with Crippen LogP contribution in [0.5, 0.6) is 0 Å². The second-order valence-corrected chi connectivity index (χ2v) is 8.06. The van der Waals surface area contributed by atoms with Gasteiger partial charge in [0, 0.05) is 46.3 Å². The molecular formula is C20H34N6O2. The van der Waals surface area contributed by atoms with E-state index in [0.717, 1.165) is 69.2 Å². The summed E-state index contributed by atoms with van der Waals surface area (Å²) in [5.74, 6) is 0.254. The molecule has 156 valence electrons. The Labute approximate surface area is 167 Å². The van der Waals surface area contributed by atoms with Crippen molar-refractivity contribution >= 4 is 17.5 Å². The molecule has 1 N–H and O–H groups in total. The number of rotatable bonds is 5. The van der Waals surface area contributed by atoms with Gasteiger partial charge in [0.05, 0.1) is 30.2 Å². The summed E-state index contributed by atoms with van der Waals surface area (Å²) in [5.41, 5.74) is 2.61. The highest BCUT2D eigenvalue weighted by atomic mass is 16.2. The molecule has 0 aliphatic carbocycles. The summed E-state index contributed by atoms with van der Waals surface area (Å²) >= 11 is 0. The maximum atomic E-state index is 12.5. The predicted molar refractivity (Wildman–Crippen MR) is 109 cm³/mol. The van der Waals surface area contributed by atoms with Crippen molar-refractivity contribution in [2.24, 2.45) is 7.05 Å². The van der Waals surface area contributed by atoms with Gasteiger partial charge in [-0.2, -0.15) is 5.10 Å². The van der Waals surface area contributed by atoms with Crippen molar-refractivity contribution in [3.8, 4) is 0 Å². The number of carbonyl (C=O) groups is 2. The van der Waals surface area contributed by atoms with Crippen molar-refractivity contribution in [3.05, 3.63) is 11.4 Å². The molecule has 2 aliphatic rings. The van der Waals surface area contributed by atoms with Gasteiger partial charge in [0.15, 0.2) is 0 Å². The summed E-state index contributed by atoms with van der Waals surface area (Å²) in [6.07, 6.45) is 4.74. The number of amides is 2. The van der Waals surface area contributed by atoms with Gasteiger partial charge in [-0.15, -0.1) is 0 Å². The number of aromatic nitrogens is 2. The molecule has 0 aromatic carbocycles. The predicted octanol–water partition coefficient (Wildman–Crippen LogP) is 0.996. The second kappa shape index (κ2) is 9.52. The lowest BCUT2D eigenvalue weighted by Gasteiger charge is -2.35. The fraction of sp³-hybridized carbons (Fsp3) is 0.750. The average Bonchev–Trinajstić information content (AvgIpc) is 2.88. The number of likely N-dealkylation sites (tertiary alicyclic amines) is 1. The fourth-order valence-corrected chi connectivity index (χ4v) is 4.05. The maximum Gasteiger partial charge on any atom is 0.238 e. The van der Waals surface area contributed by atoms with Gasteiger partial charge in [0.2, 0.25) is 11.8 Å². The Morgan fingerprint density at radius 1 is 0.893 bits per heavy atom. The molecular weight excluding hydrogens is 356 g/mol. The van der Waals surface area contributed by atoms with Gasteiger partial charge >= 0.3 is 0 Å². The number of carbonyl (C=O) groups excluding carboxylic acids is 2. The smallest absolute Gasteiger partial charge is 0.238 e. The van der Waals surface area contributed by atoms with Crippen molar-refractivity contribution < 1.29 is 9.59 Å². The summed E-state index contributed by atoms with van der Waals surface area (Å²) < 4.78 is 1.78. The number of nitrogens with one attached hydrogen (secondary N) is 1. The Hall–Kier alpha value is -1.93. The van der Waals surface area contributed by atoms with Crippen molar-refractivity contribution in [1.82, 2.24) is 24.5 Å². The molecule has 28 heavy (non-hydrogen) atoms. The standard InChI is InChI=1S/C20H34N6O2/c1-16-20(17(2)23(3)22-16)21-18(27)14-24-10-12-25(13-11-24)15-19(28)26-8-6-4-5-7-9-26/h4-15H2,1-3H3,(H,21,27).